The molecule has 5 nitrogen and oxygen atoms in total. The maximum absolute atomic E-state index is 12.7. The number of carbonyl (C=O) groups is 1. The molecule has 1 amide bonds. The highest BCUT2D eigenvalue weighted by molar-refractivity contribution is 7.98. The van der Waals surface area contributed by atoms with Gasteiger partial charge in [-0.2, -0.15) is 0 Å². The molecule has 132 valence electrons. The van der Waals surface area contributed by atoms with Crippen LogP contribution in [0, 0.1) is 5.92 Å². The van der Waals surface area contributed by atoms with Gasteiger partial charge >= 0.3 is 0 Å². The van der Waals surface area contributed by atoms with E-state index in [9.17, 15) is 9.90 Å². The molecule has 1 aromatic carbocycles. The largest absolute Gasteiger partial charge is 0.481 e. The van der Waals surface area contributed by atoms with E-state index < -0.39 is 0 Å². The number of nitrogens with one attached hydrogen (secondary N) is 1. The summed E-state index contributed by atoms with van der Waals surface area (Å²) in [5, 5.41) is 12.8. The van der Waals surface area contributed by atoms with Crippen LogP contribution in [0.25, 0.3) is 0 Å². The van der Waals surface area contributed by atoms with E-state index in [1.165, 1.54) is 0 Å². The van der Waals surface area contributed by atoms with Gasteiger partial charge in [-0.3, -0.25) is 4.79 Å². The second kappa shape index (κ2) is 7.89. The lowest BCUT2D eigenvalue weighted by Gasteiger charge is -2.38. The Morgan fingerprint density at radius 2 is 2.00 bits per heavy atom. The molecule has 2 N–H and O–H groups in total. The van der Waals surface area contributed by atoms with Crippen LogP contribution in [-0.2, 0) is 0 Å². The van der Waals surface area contributed by atoms with Gasteiger partial charge in [-0.25, -0.2) is 4.98 Å². The molecule has 6 heteroatoms. The van der Waals surface area contributed by atoms with Crippen molar-refractivity contribution in [3.8, 4) is 5.88 Å². The van der Waals surface area contributed by atoms with Gasteiger partial charge in [-0.15, -0.1) is 11.8 Å². The fourth-order valence-electron chi connectivity index (χ4n) is 3.04. The van der Waals surface area contributed by atoms with Crippen LogP contribution in [0.2, 0.25) is 0 Å². The smallest absolute Gasteiger partial charge is 0.251 e. The average Bonchev–Trinajstić information content (AvgIpc) is 2.64. The summed E-state index contributed by atoms with van der Waals surface area (Å²) in [5.41, 5.74) is 1.55. The van der Waals surface area contributed by atoms with Crippen molar-refractivity contribution in [2.24, 2.45) is 5.92 Å². The molecule has 1 atom stereocenters. The molecule has 1 fully saturated rings. The van der Waals surface area contributed by atoms with E-state index in [1.54, 1.807) is 31.1 Å². The van der Waals surface area contributed by atoms with E-state index >= 15 is 0 Å². The maximum Gasteiger partial charge on any atom is 0.251 e. The van der Waals surface area contributed by atoms with Crippen molar-refractivity contribution < 1.29 is 14.6 Å². The summed E-state index contributed by atoms with van der Waals surface area (Å²) in [5.74, 6) is 0.629. The Morgan fingerprint density at radius 3 is 2.52 bits per heavy atom. The fourth-order valence-corrected chi connectivity index (χ4v) is 3.45. The molecule has 0 saturated heterocycles. The number of methoxy groups -OCH3 is 1. The van der Waals surface area contributed by atoms with Crippen molar-refractivity contribution in [3.05, 3.63) is 53.7 Å². The first-order valence-corrected chi connectivity index (χ1v) is 9.46. The minimum absolute atomic E-state index is 0.116. The van der Waals surface area contributed by atoms with Gasteiger partial charge in [0, 0.05) is 22.7 Å². The van der Waals surface area contributed by atoms with Gasteiger partial charge in [-0.1, -0.05) is 6.07 Å². The average molecular weight is 358 g/mol. The lowest BCUT2D eigenvalue weighted by Crippen LogP contribution is -2.41. The van der Waals surface area contributed by atoms with Crippen LogP contribution in [0.1, 0.15) is 34.8 Å². The minimum atomic E-state index is -0.281. The Balaban J connectivity index is 1.77. The zero-order valence-corrected chi connectivity index (χ0v) is 15.1. The summed E-state index contributed by atoms with van der Waals surface area (Å²) >= 11 is 1.64. The van der Waals surface area contributed by atoms with E-state index in [2.05, 4.69) is 10.3 Å². The fraction of sp³-hybridized carbons (Fsp3) is 0.368. The third-order valence-corrected chi connectivity index (χ3v) is 5.33. The number of aromatic nitrogens is 1. The minimum Gasteiger partial charge on any atom is -0.481 e. The highest BCUT2D eigenvalue weighted by Gasteiger charge is 2.36. The lowest BCUT2D eigenvalue weighted by molar-refractivity contribution is 0.0234. The molecular weight excluding hydrogens is 336 g/mol. The Labute approximate surface area is 151 Å². The van der Waals surface area contributed by atoms with Crippen LogP contribution in [-0.4, -0.2) is 35.5 Å². The van der Waals surface area contributed by atoms with Gasteiger partial charge in [0.2, 0.25) is 5.88 Å². The third kappa shape index (κ3) is 4.14. The van der Waals surface area contributed by atoms with Crippen LogP contribution in [0.15, 0.2) is 47.5 Å². The Hall–Kier alpha value is -2.05. The highest BCUT2D eigenvalue weighted by Crippen LogP contribution is 2.38. The highest BCUT2D eigenvalue weighted by atomic mass is 32.2. The zero-order valence-electron chi connectivity index (χ0n) is 14.3. The summed E-state index contributed by atoms with van der Waals surface area (Å²) in [6.45, 7) is 0. The first-order chi connectivity index (χ1) is 12.1. The van der Waals surface area contributed by atoms with Crippen molar-refractivity contribution in [1.82, 2.24) is 10.3 Å². The maximum atomic E-state index is 12.7. The molecule has 3 rings (SSSR count). The van der Waals surface area contributed by atoms with Crippen LogP contribution >= 0.6 is 11.8 Å². The summed E-state index contributed by atoms with van der Waals surface area (Å²) in [7, 11) is 1.57. The number of nitrogens with zero attached hydrogens (tertiary/aromatic N) is 1. The number of carbonyl (C=O) groups excluding carboxylic acids is 1. The van der Waals surface area contributed by atoms with E-state index in [1.807, 2.05) is 36.6 Å². The first-order valence-electron chi connectivity index (χ1n) is 8.23. The number of rotatable bonds is 6. The van der Waals surface area contributed by atoms with Crippen LogP contribution in [0.4, 0.5) is 0 Å². The van der Waals surface area contributed by atoms with Gasteiger partial charge in [0.05, 0.1) is 19.3 Å². The second-order valence-corrected chi connectivity index (χ2v) is 7.08. The van der Waals surface area contributed by atoms with Gasteiger partial charge < -0.3 is 15.2 Å². The normalized spacial score (nSPS) is 20.4. The van der Waals surface area contributed by atoms with Crippen molar-refractivity contribution in [2.45, 2.75) is 29.9 Å². The molecule has 0 spiro atoms. The SMILES string of the molecule is COc1ccc([C@H](NC(=O)c2ccc(SC)cc2)C2CC(O)C2)cn1. The molecule has 1 aliphatic carbocycles. The summed E-state index contributed by atoms with van der Waals surface area (Å²) < 4.78 is 5.10. The molecule has 0 unspecified atom stereocenters. The molecule has 2 aromatic rings. The van der Waals surface area contributed by atoms with E-state index in [0.29, 0.717) is 24.3 Å². The Kier molecular flexibility index (Phi) is 5.60. The molecule has 1 heterocycles. The summed E-state index contributed by atoms with van der Waals surface area (Å²) in [6, 6.07) is 11.1. The topological polar surface area (TPSA) is 71.5 Å². The van der Waals surface area contributed by atoms with Crippen molar-refractivity contribution in [1.29, 1.82) is 0 Å². The van der Waals surface area contributed by atoms with Gasteiger partial charge in [0.25, 0.3) is 5.91 Å². The van der Waals surface area contributed by atoms with E-state index in [-0.39, 0.29) is 24.0 Å². The van der Waals surface area contributed by atoms with Crippen LogP contribution in [0.5, 0.6) is 5.88 Å². The number of aliphatic hydroxyl groups excluding tert-OH is 1. The van der Waals surface area contributed by atoms with Gasteiger partial charge in [0.1, 0.15) is 0 Å². The van der Waals surface area contributed by atoms with Crippen molar-refractivity contribution in [2.75, 3.05) is 13.4 Å². The zero-order chi connectivity index (χ0) is 17.8. The third-order valence-electron chi connectivity index (χ3n) is 4.59. The monoisotopic (exact) mass is 358 g/mol. The van der Waals surface area contributed by atoms with E-state index in [0.717, 1.165) is 10.5 Å². The van der Waals surface area contributed by atoms with E-state index in [4.69, 9.17) is 4.74 Å². The molecule has 0 radical (unpaired) electrons. The molecule has 1 aliphatic rings. The standard InChI is InChI=1S/C19H22N2O3S/c1-24-17-8-5-13(11-20-17)18(14-9-15(22)10-14)21-19(23)12-3-6-16(25-2)7-4-12/h3-8,11,14-15,18,22H,9-10H2,1-2H3,(H,21,23)/t14?,15?,18-/m0/s1. The van der Waals surface area contributed by atoms with Gasteiger partial charge in [0.15, 0.2) is 0 Å². The Bertz CT molecular complexity index is 712. The number of pyridine rings is 1. The summed E-state index contributed by atoms with van der Waals surface area (Å²) in [6.07, 6.45) is 4.82. The summed E-state index contributed by atoms with van der Waals surface area (Å²) in [4.78, 5) is 18.0. The number of amides is 1. The van der Waals surface area contributed by atoms with Gasteiger partial charge in [-0.05, 0) is 54.8 Å². The van der Waals surface area contributed by atoms with Crippen molar-refractivity contribution >= 4 is 17.7 Å². The quantitative estimate of drug-likeness (QED) is 0.777. The molecular formula is C19H22N2O3S. The van der Waals surface area contributed by atoms with Crippen molar-refractivity contribution in [3.63, 3.8) is 0 Å². The van der Waals surface area contributed by atoms with Crippen LogP contribution in [0.3, 0.4) is 0 Å². The number of aliphatic hydroxyl groups is 1. The number of hydrogen-bond donors (Lipinski definition) is 2. The number of thioether (sulfide) groups is 1. The molecule has 25 heavy (non-hydrogen) atoms. The predicted molar refractivity (Wildman–Crippen MR) is 98.0 cm³/mol. The first kappa shape index (κ1) is 17.8. The number of benzene rings is 1. The predicted octanol–water partition coefficient (Wildman–Crippen LogP) is 3.05. The molecule has 0 aliphatic heterocycles. The number of ether oxygens (including phenoxy) is 1. The molecule has 1 aromatic heterocycles. The number of hydrogen-bond acceptors (Lipinski definition) is 5. The van der Waals surface area contributed by atoms with Crippen LogP contribution < -0.4 is 10.1 Å². The molecule has 0 bridgehead atoms. The second-order valence-electron chi connectivity index (χ2n) is 6.20. The lowest BCUT2D eigenvalue weighted by atomic mass is 9.75. The molecule has 1 saturated carbocycles. The Morgan fingerprint density at radius 1 is 1.28 bits per heavy atom.